The van der Waals surface area contributed by atoms with Crippen LogP contribution in [0.5, 0.6) is 0 Å². The Bertz CT molecular complexity index is 278. The van der Waals surface area contributed by atoms with Crippen LogP contribution in [0, 0.1) is 0 Å². The summed E-state index contributed by atoms with van der Waals surface area (Å²) in [6, 6.07) is 10.7. The van der Waals surface area contributed by atoms with Crippen molar-refractivity contribution in [3.8, 4) is 0 Å². The zero-order valence-electron chi connectivity index (χ0n) is 9.06. The van der Waals surface area contributed by atoms with Crippen LogP contribution in [-0.4, -0.2) is 12.1 Å². The van der Waals surface area contributed by atoms with E-state index in [4.69, 9.17) is 10.5 Å². The van der Waals surface area contributed by atoms with Crippen LogP contribution in [-0.2, 0) is 11.3 Å². The molecule has 0 heterocycles. The summed E-state index contributed by atoms with van der Waals surface area (Å²) >= 11 is 0. The maximum absolute atomic E-state index is 5.86. The van der Waals surface area contributed by atoms with Crippen LogP contribution < -0.4 is 5.73 Å². The number of nitrogens with two attached hydrogens (primary N) is 1. The highest BCUT2D eigenvalue weighted by Gasteiger charge is 2.18. The second-order valence-corrected chi connectivity index (χ2v) is 4.33. The number of hydrogen-bond donors (Lipinski definition) is 1. The third kappa shape index (κ3) is 3.33. The average molecular weight is 205 g/mol. The summed E-state index contributed by atoms with van der Waals surface area (Å²) in [5.41, 5.74) is 7.11. The molecule has 1 aromatic carbocycles. The van der Waals surface area contributed by atoms with Crippen molar-refractivity contribution >= 4 is 0 Å². The molecule has 2 N–H and O–H groups in total. The molecule has 0 radical (unpaired) electrons. The topological polar surface area (TPSA) is 35.2 Å². The molecule has 0 aromatic heterocycles. The van der Waals surface area contributed by atoms with E-state index in [0.29, 0.717) is 12.1 Å². The minimum Gasteiger partial charge on any atom is -0.374 e. The van der Waals surface area contributed by atoms with E-state index < -0.39 is 0 Å². The SMILES string of the molecule is N[C@H]1CC[C@H](OCc2ccccc2)CC1. The lowest BCUT2D eigenvalue weighted by atomic mass is 9.94. The second-order valence-electron chi connectivity index (χ2n) is 4.33. The van der Waals surface area contributed by atoms with E-state index in [1.165, 1.54) is 5.56 Å². The largest absolute Gasteiger partial charge is 0.374 e. The van der Waals surface area contributed by atoms with E-state index in [2.05, 4.69) is 24.3 Å². The molecule has 0 spiro atoms. The summed E-state index contributed by atoms with van der Waals surface area (Å²) in [5.74, 6) is 0. The predicted molar refractivity (Wildman–Crippen MR) is 61.5 cm³/mol. The monoisotopic (exact) mass is 205 g/mol. The Hall–Kier alpha value is -0.860. The number of ether oxygens (including phenoxy) is 1. The van der Waals surface area contributed by atoms with Crippen LogP contribution in [0.4, 0.5) is 0 Å². The molecule has 0 saturated heterocycles. The molecule has 0 atom stereocenters. The lowest BCUT2D eigenvalue weighted by Crippen LogP contribution is -2.30. The standard InChI is InChI=1S/C13H19NO/c14-12-6-8-13(9-7-12)15-10-11-4-2-1-3-5-11/h1-5,12-13H,6-10,14H2/t12-,13-. The molecule has 2 rings (SSSR count). The summed E-state index contributed by atoms with van der Waals surface area (Å²) in [7, 11) is 0. The van der Waals surface area contributed by atoms with Crippen molar-refractivity contribution in [3.63, 3.8) is 0 Å². The summed E-state index contributed by atoms with van der Waals surface area (Å²) in [6.45, 7) is 0.737. The first-order chi connectivity index (χ1) is 7.34. The van der Waals surface area contributed by atoms with Gasteiger partial charge in [0, 0.05) is 6.04 Å². The Balaban J connectivity index is 1.74. The van der Waals surface area contributed by atoms with Crippen molar-refractivity contribution in [1.82, 2.24) is 0 Å². The molecule has 0 amide bonds. The third-order valence-electron chi connectivity index (χ3n) is 3.05. The Morgan fingerprint density at radius 3 is 2.40 bits per heavy atom. The van der Waals surface area contributed by atoms with Crippen molar-refractivity contribution in [3.05, 3.63) is 35.9 Å². The van der Waals surface area contributed by atoms with E-state index in [0.717, 1.165) is 32.3 Å². The van der Waals surface area contributed by atoms with E-state index in [9.17, 15) is 0 Å². The van der Waals surface area contributed by atoms with Crippen molar-refractivity contribution in [2.24, 2.45) is 5.73 Å². The maximum atomic E-state index is 5.86. The fourth-order valence-corrected chi connectivity index (χ4v) is 2.04. The molecule has 0 unspecified atom stereocenters. The molecule has 1 aliphatic carbocycles. The number of hydrogen-bond acceptors (Lipinski definition) is 2. The van der Waals surface area contributed by atoms with Gasteiger partial charge in [0.25, 0.3) is 0 Å². The Morgan fingerprint density at radius 2 is 1.73 bits per heavy atom. The normalized spacial score (nSPS) is 26.5. The fraction of sp³-hybridized carbons (Fsp3) is 0.538. The van der Waals surface area contributed by atoms with Gasteiger partial charge in [0.05, 0.1) is 12.7 Å². The molecule has 2 heteroatoms. The van der Waals surface area contributed by atoms with E-state index in [-0.39, 0.29) is 0 Å². The van der Waals surface area contributed by atoms with Crippen molar-refractivity contribution in [2.45, 2.75) is 44.4 Å². The van der Waals surface area contributed by atoms with E-state index >= 15 is 0 Å². The second kappa shape index (κ2) is 5.29. The molecular weight excluding hydrogens is 186 g/mol. The first kappa shape index (κ1) is 10.7. The smallest absolute Gasteiger partial charge is 0.0720 e. The van der Waals surface area contributed by atoms with Gasteiger partial charge in [-0.15, -0.1) is 0 Å². The van der Waals surface area contributed by atoms with Crippen LogP contribution in [0.3, 0.4) is 0 Å². The van der Waals surface area contributed by atoms with Gasteiger partial charge >= 0.3 is 0 Å². The highest BCUT2D eigenvalue weighted by atomic mass is 16.5. The van der Waals surface area contributed by atoms with Crippen molar-refractivity contribution in [1.29, 1.82) is 0 Å². The van der Waals surface area contributed by atoms with Crippen LogP contribution in [0.15, 0.2) is 30.3 Å². The predicted octanol–water partition coefficient (Wildman–Crippen LogP) is 2.47. The molecule has 1 fully saturated rings. The van der Waals surface area contributed by atoms with E-state index in [1.807, 2.05) is 6.07 Å². The van der Waals surface area contributed by atoms with Crippen molar-refractivity contribution < 1.29 is 4.74 Å². The molecule has 0 aliphatic heterocycles. The third-order valence-corrected chi connectivity index (χ3v) is 3.05. The minimum atomic E-state index is 0.404. The highest BCUT2D eigenvalue weighted by molar-refractivity contribution is 5.13. The zero-order chi connectivity index (χ0) is 10.5. The van der Waals surface area contributed by atoms with Gasteiger partial charge in [0.1, 0.15) is 0 Å². The summed E-state index contributed by atoms with van der Waals surface area (Å²) in [4.78, 5) is 0. The van der Waals surface area contributed by atoms with Crippen LogP contribution in [0.25, 0.3) is 0 Å². The molecule has 82 valence electrons. The Labute approximate surface area is 91.4 Å². The molecule has 15 heavy (non-hydrogen) atoms. The van der Waals surface area contributed by atoms with Gasteiger partial charge in [0.2, 0.25) is 0 Å². The lowest BCUT2D eigenvalue weighted by Gasteiger charge is -2.26. The quantitative estimate of drug-likeness (QED) is 0.822. The summed E-state index contributed by atoms with van der Waals surface area (Å²) in [6.07, 6.45) is 4.88. The van der Waals surface area contributed by atoms with Gasteiger partial charge in [-0.3, -0.25) is 0 Å². The van der Waals surface area contributed by atoms with Gasteiger partial charge in [-0.1, -0.05) is 30.3 Å². The Morgan fingerprint density at radius 1 is 1.07 bits per heavy atom. The van der Waals surface area contributed by atoms with Gasteiger partial charge in [-0.05, 0) is 31.2 Å². The number of rotatable bonds is 3. The molecular formula is C13H19NO. The van der Waals surface area contributed by atoms with Crippen LogP contribution in [0.2, 0.25) is 0 Å². The molecule has 1 aliphatic rings. The Kier molecular flexibility index (Phi) is 3.75. The maximum Gasteiger partial charge on any atom is 0.0720 e. The minimum absolute atomic E-state index is 0.404. The first-order valence-corrected chi connectivity index (χ1v) is 5.75. The molecule has 0 bridgehead atoms. The highest BCUT2D eigenvalue weighted by Crippen LogP contribution is 2.20. The summed E-state index contributed by atoms with van der Waals surface area (Å²) in [5, 5.41) is 0. The zero-order valence-corrected chi connectivity index (χ0v) is 9.06. The van der Waals surface area contributed by atoms with Gasteiger partial charge in [-0.2, -0.15) is 0 Å². The van der Waals surface area contributed by atoms with Crippen LogP contribution >= 0.6 is 0 Å². The van der Waals surface area contributed by atoms with Gasteiger partial charge in [-0.25, -0.2) is 0 Å². The number of benzene rings is 1. The summed E-state index contributed by atoms with van der Waals surface area (Å²) < 4.78 is 5.86. The van der Waals surface area contributed by atoms with Gasteiger partial charge < -0.3 is 10.5 Å². The molecule has 1 saturated carbocycles. The van der Waals surface area contributed by atoms with Crippen molar-refractivity contribution in [2.75, 3.05) is 0 Å². The lowest BCUT2D eigenvalue weighted by molar-refractivity contribution is 0.0138. The first-order valence-electron chi connectivity index (χ1n) is 5.75. The van der Waals surface area contributed by atoms with Crippen LogP contribution in [0.1, 0.15) is 31.2 Å². The van der Waals surface area contributed by atoms with Gasteiger partial charge in [0.15, 0.2) is 0 Å². The molecule has 1 aromatic rings. The molecule has 2 nitrogen and oxygen atoms in total. The van der Waals surface area contributed by atoms with E-state index in [1.54, 1.807) is 0 Å². The fourth-order valence-electron chi connectivity index (χ4n) is 2.04. The average Bonchev–Trinajstić information content (AvgIpc) is 2.30.